The average molecular weight is 357 g/mol. The highest BCUT2D eigenvalue weighted by atomic mass is 79.9. The zero-order chi connectivity index (χ0) is 14.7. The molecular formula is C15H19BrClN3. The van der Waals surface area contributed by atoms with E-state index in [0.717, 1.165) is 21.6 Å². The van der Waals surface area contributed by atoms with Crippen LogP contribution < -0.4 is 5.32 Å². The Hall–Kier alpha value is -0.840. The average Bonchev–Trinajstić information content (AvgIpc) is 2.88. The van der Waals surface area contributed by atoms with Crippen LogP contribution in [0.2, 0.25) is 5.02 Å². The molecule has 0 radical (unpaired) electrons. The van der Waals surface area contributed by atoms with Gasteiger partial charge < -0.3 is 5.32 Å². The second-order valence-electron chi connectivity index (χ2n) is 5.10. The van der Waals surface area contributed by atoms with Crippen molar-refractivity contribution in [3.05, 3.63) is 51.2 Å². The van der Waals surface area contributed by atoms with Gasteiger partial charge in [0.05, 0.1) is 10.7 Å². The van der Waals surface area contributed by atoms with Crippen LogP contribution in [0.1, 0.15) is 37.2 Å². The first kappa shape index (κ1) is 15.5. The monoisotopic (exact) mass is 355 g/mol. The molecule has 1 unspecified atom stereocenters. The van der Waals surface area contributed by atoms with Crippen LogP contribution in [0, 0.1) is 0 Å². The number of benzene rings is 1. The minimum Gasteiger partial charge on any atom is -0.313 e. The Labute approximate surface area is 133 Å². The Kier molecular flexibility index (Phi) is 5.24. The quantitative estimate of drug-likeness (QED) is 0.861. The van der Waals surface area contributed by atoms with Gasteiger partial charge in [-0.15, -0.1) is 0 Å². The molecule has 1 atom stereocenters. The predicted octanol–water partition coefficient (Wildman–Crippen LogP) is 4.38. The molecule has 0 saturated carbocycles. The fourth-order valence-electron chi connectivity index (χ4n) is 2.10. The van der Waals surface area contributed by atoms with Gasteiger partial charge in [-0.1, -0.05) is 17.7 Å². The third-order valence-corrected chi connectivity index (χ3v) is 4.51. The van der Waals surface area contributed by atoms with E-state index in [0.29, 0.717) is 6.04 Å². The number of hydrogen-bond acceptors (Lipinski definition) is 2. The SMILES string of the molecule is CNC(Cc1ccn(C(C)C)n1)c1ccc(Cl)c(Br)c1. The van der Waals surface area contributed by atoms with Crippen LogP contribution in [-0.2, 0) is 6.42 Å². The van der Waals surface area contributed by atoms with Gasteiger partial charge in [-0.2, -0.15) is 5.10 Å². The summed E-state index contributed by atoms with van der Waals surface area (Å²) in [7, 11) is 1.96. The Balaban J connectivity index is 2.17. The third kappa shape index (κ3) is 3.62. The Morgan fingerprint density at radius 3 is 2.65 bits per heavy atom. The van der Waals surface area contributed by atoms with Crippen LogP contribution in [0.4, 0.5) is 0 Å². The van der Waals surface area contributed by atoms with E-state index in [1.54, 1.807) is 0 Å². The summed E-state index contributed by atoms with van der Waals surface area (Å²) < 4.78 is 2.91. The lowest BCUT2D eigenvalue weighted by molar-refractivity contribution is 0.515. The Morgan fingerprint density at radius 1 is 1.35 bits per heavy atom. The zero-order valence-corrected chi connectivity index (χ0v) is 14.2. The number of nitrogens with one attached hydrogen (secondary N) is 1. The normalized spacial score (nSPS) is 12.9. The summed E-state index contributed by atoms with van der Waals surface area (Å²) in [6, 6.07) is 8.71. The van der Waals surface area contributed by atoms with Crippen molar-refractivity contribution in [2.24, 2.45) is 0 Å². The summed E-state index contributed by atoms with van der Waals surface area (Å²) in [4.78, 5) is 0. The van der Waals surface area contributed by atoms with Crippen molar-refractivity contribution >= 4 is 27.5 Å². The number of hydrogen-bond donors (Lipinski definition) is 1. The molecule has 0 amide bonds. The molecule has 108 valence electrons. The fourth-order valence-corrected chi connectivity index (χ4v) is 2.61. The lowest BCUT2D eigenvalue weighted by Crippen LogP contribution is -2.19. The minimum absolute atomic E-state index is 0.221. The summed E-state index contributed by atoms with van der Waals surface area (Å²) in [5, 5.41) is 8.67. The summed E-state index contributed by atoms with van der Waals surface area (Å²) in [6.45, 7) is 4.26. The molecule has 20 heavy (non-hydrogen) atoms. The molecule has 5 heteroatoms. The molecule has 0 fully saturated rings. The molecule has 1 aromatic carbocycles. The van der Waals surface area contributed by atoms with Crippen LogP contribution in [0.5, 0.6) is 0 Å². The van der Waals surface area contributed by atoms with Crippen LogP contribution in [-0.4, -0.2) is 16.8 Å². The molecule has 2 rings (SSSR count). The molecule has 0 aliphatic rings. The van der Waals surface area contributed by atoms with Crippen molar-refractivity contribution in [3.8, 4) is 0 Å². The van der Waals surface area contributed by atoms with Crippen molar-refractivity contribution in [2.75, 3.05) is 7.05 Å². The summed E-state index contributed by atoms with van der Waals surface area (Å²) >= 11 is 9.52. The fraction of sp³-hybridized carbons (Fsp3) is 0.400. The van der Waals surface area contributed by atoms with Gasteiger partial charge in [0, 0.05) is 29.2 Å². The number of nitrogens with zero attached hydrogens (tertiary/aromatic N) is 2. The Bertz CT molecular complexity index is 580. The Morgan fingerprint density at radius 2 is 2.10 bits per heavy atom. The van der Waals surface area contributed by atoms with Crippen molar-refractivity contribution in [1.29, 1.82) is 0 Å². The lowest BCUT2D eigenvalue weighted by atomic mass is 10.0. The molecule has 0 saturated heterocycles. The molecule has 1 aromatic heterocycles. The lowest BCUT2D eigenvalue weighted by Gasteiger charge is -2.16. The third-order valence-electron chi connectivity index (χ3n) is 3.30. The highest BCUT2D eigenvalue weighted by Gasteiger charge is 2.13. The first-order valence-corrected chi connectivity index (χ1v) is 7.84. The summed E-state index contributed by atoms with van der Waals surface area (Å²) in [6.07, 6.45) is 2.88. The van der Waals surface area contributed by atoms with Gasteiger partial charge in [-0.05, 0) is 60.6 Å². The molecule has 0 bridgehead atoms. The van der Waals surface area contributed by atoms with E-state index in [-0.39, 0.29) is 6.04 Å². The molecule has 2 aromatic rings. The van der Waals surface area contributed by atoms with Crippen LogP contribution in [0.25, 0.3) is 0 Å². The summed E-state index contributed by atoms with van der Waals surface area (Å²) in [5.74, 6) is 0. The smallest absolute Gasteiger partial charge is 0.0643 e. The maximum absolute atomic E-state index is 6.04. The van der Waals surface area contributed by atoms with Crippen molar-refractivity contribution < 1.29 is 0 Å². The second kappa shape index (κ2) is 6.74. The highest BCUT2D eigenvalue weighted by Crippen LogP contribution is 2.27. The maximum atomic E-state index is 6.04. The number of halogens is 2. The number of rotatable bonds is 5. The summed E-state index contributed by atoms with van der Waals surface area (Å²) in [5.41, 5.74) is 2.28. The van der Waals surface area contributed by atoms with Gasteiger partial charge in [0.2, 0.25) is 0 Å². The van der Waals surface area contributed by atoms with Gasteiger partial charge in [0.1, 0.15) is 0 Å². The van der Waals surface area contributed by atoms with Crippen LogP contribution >= 0.6 is 27.5 Å². The highest BCUT2D eigenvalue weighted by molar-refractivity contribution is 9.10. The van der Waals surface area contributed by atoms with Crippen molar-refractivity contribution in [1.82, 2.24) is 15.1 Å². The molecule has 1 heterocycles. The molecule has 0 aliphatic carbocycles. The largest absolute Gasteiger partial charge is 0.313 e. The van der Waals surface area contributed by atoms with E-state index in [1.165, 1.54) is 5.56 Å². The van der Waals surface area contributed by atoms with Gasteiger partial charge >= 0.3 is 0 Å². The predicted molar refractivity (Wildman–Crippen MR) is 87.3 cm³/mol. The standard InChI is InChI=1S/C15H19BrClN3/c1-10(2)20-7-6-12(19-20)9-15(18-3)11-4-5-14(17)13(16)8-11/h4-8,10,15,18H,9H2,1-3H3. The van der Waals surface area contributed by atoms with Gasteiger partial charge in [0.15, 0.2) is 0 Å². The van der Waals surface area contributed by atoms with Gasteiger partial charge in [0.25, 0.3) is 0 Å². The molecule has 0 aliphatic heterocycles. The van der Waals surface area contributed by atoms with E-state index in [4.69, 9.17) is 11.6 Å². The van der Waals surface area contributed by atoms with E-state index < -0.39 is 0 Å². The van der Waals surface area contributed by atoms with Gasteiger partial charge in [-0.25, -0.2) is 0 Å². The van der Waals surface area contributed by atoms with Crippen LogP contribution in [0.3, 0.4) is 0 Å². The van der Waals surface area contributed by atoms with Crippen LogP contribution in [0.15, 0.2) is 34.9 Å². The maximum Gasteiger partial charge on any atom is 0.0643 e. The molecule has 3 nitrogen and oxygen atoms in total. The zero-order valence-electron chi connectivity index (χ0n) is 11.9. The first-order valence-electron chi connectivity index (χ1n) is 6.67. The molecular weight excluding hydrogens is 338 g/mol. The minimum atomic E-state index is 0.221. The van der Waals surface area contributed by atoms with Gasteiger partial charge in [-0.3, -0.25) is 4.68 Å². The first-order chi connectivity index (χ1) is 9.51. The van der Waals surface area contributed by atoms with Crippen molar-refractivity contribution in [2.45, 2.75) is 32.4 Å². The topological polar surface area (TPSA) is 29.9 Å². The van der Waals surface area contributed by atoms with Crippen molar-refractivity contribution in [3.63, 3.8) is 0 Å². The second-order valence-corrected chi connectivity index (χ2v) is 6.36. The molecule has 0 spiro atoms. The van der Waals surface area contributed by atoms with E-state index in [1.807, 2.05) is 30.1 Å². The van der Waals surface area contributed by atoms with E-state index in [2.05, 4.69) is 52.3 Å². The number of aromatic nitrogens is 2. The molecule has 1 N–H and O–H groups in total. The van der Waals surface area contributed by atoms with E-state index in [9.17, 15) is 0 Å². The van der Waals surface area contributed by atoms with E-state index >= 15 is 0 Å². The number of likely N-dealkylation sites (N-methyl/N-ethyl adjacent to an activating group) is 1.